The van der Waals surface area contributed by atoms with Crippen LogP contribution in [0.25, 0.3) is 0 Å². The molecule has 7 nitrogen and oxygen atoms in total. The third-order valence-corrected chi connectivity index (χ3v) is 10.3. The number of rotatable bonds is 11. The number of hydrogen-bond acceptors (Lipinski definition) is 4. The van der Waals surface area contributed by atoms with E-state index in [1.165, 1.54) is 17.0 Å². The van der Waals surface area contributed by atoms with E-state index in [0.717, 1.165) is 35.6 Å². The van der Waals surface area contributed by atoms with Gasteiger partial charge < -0.3 is 10.2 Å². The molecule has 2 amide bonds. The van der Waals surface area contributed by atoms with Crippen LogP contribution in [0.5, 0.6) is 0 Å². The van der Waals surface area contributed by atoms with Crippen molar-refractivity contribution in [3.05, 3.63) is 92.9 Å². The minimum atomic E-state index is -4.23. The Morgan fingerprint density at radius 1 is 0.905 bits per heavy atom. The fourth-order valence-corrected chi connectivity index (χ4v) is 7.38. The van der Waals surface area contributed by atoms with E-state index < -0.39 is 28.5 Å². The van der Waals surface area contributed by atoms with Crippen molar-refractivity contribution in [2.24, 2.45) is 0 Å². The minimum absolute atomic E-state index is 0.00698. The molecule has 0 bridgehead atoms. The molecule has 0 unspecified atom stereocenters. The van der Waals surface area contributed by atoms with Crippen molar-refractivity contribution in [2.45, 2.75) is 69.5 Å². The van der Waals surface area contributed by atoms with Gasteiger partial charge >= 0.3 is 0 Å². The van der Waals surface area contributed by atoms with Gasteiger partial charge in [-0.3, -0.25) is 13.9 Å². The van der Waals surface area contributed by atoms with Gasteiger partial charge in [-0.2, -0.15) is 0 Å². The predicted octanol–water partition coefficient (Wildman–Crippen LogP) is 7.02. The van der Waals surface area contributed by atoms with E-state index >= 15 is 0 Å². The fourth-order valence-electron chi connectivity index (χ4n) is 5.15. The lowest BCUT2D eigenvalue weighted by Gasteiger charge is -2.34. The van der Waals surface area contributed by atoms with Crippen molar-refractivity contribution in [3.63, 3.8) is 0 Å². The zero-order chi connectivity index (χ0) is 30.4. The van der Waals surface area contributed by atoms with Crippen LogP contribution >= 0.6 is 34.8 Å². The van der Waals surface area contributed by atoms with Crippen LogP contribution in [0.1, 0.15) is 50.2 Å². The molecule has 1 aliphatic carbocycles. The second-order valence-electron chi connectivity index (χ2n) is 10.4. The number of halogens is 3. The highest BCUT2D eigenvalue weighted by Gasteiger charge is 2.35. The molecular weight excluding hydrogens is 617 g/mol. The van der Waals surface area contributed by atoms with Gasteiger partial charge in [0.25, 0.3) is 10.0 Å². The van der Waals surface area contributed by atoms with E-state index in [9.17, 15) is 18.0 Å². The van der Waals surface area contributed by atoms with Crippen molar-refractivity contribution in [1.29, 1.82) is 0 Å². The average Bonchev–Trinajstić information content (AvgIpc) is 3.46. The quantitative estimate of drug-likeness (QED) is 0.242. The number of carbonyl (C=O) groups is 2. The molecule has 42 heavy (non-hydrogen) atoms. The van der Waals surface area contributed by atoms with Crippen LogP contribution in [0.4, 0.5) is 5.69 Å². The summed E-state index contributed by atoms with van der Waals surface area (Å²) in [6.45, 7) is 2.97. The standard InChI is InChI=1S/C31H34Cl3N3O4S/c1-3-28(31(39)35-22-9-4-5-10-22)36(19-24-25(32)12-8-13-26(24)33)30(38)20-37(29-14-7-6-11-27(29)34)42(40,41)23-17-15-21(2)16-18-23/h6-8,11-18,22,28H,3-5,9-10,19-20H2,1-2H3,(H,35,39)/t28-/m1/s1. The van der Waals surface area contributed by atoms with Gasteiger partial charge in [-0.05, 0) is 62.6 Å². The number of amides is 2. The molecule has 0 radical (unpaired) electrons. The Labute approximate surface area is 262 Å². The van der Waals surface area contributed by atoms with Crippen molar-refractivity contribution in [1.82, 2.24) is 10.2 Å². The lowest BCUT2D eigenvalue weighted by Crippen LogP contribution is -2.53. The molecule has 1 fully saturated rings. The van der Waals surface area contributed by atoms with Crippen LogP contribution in [0, 0.1) is 6.92 Å². The molecule has 1 atom stereocenters. The Morgan fingerprint density at radius 3 is 2.10 bits per heavy atom. The molecule has 3 aromatic carbocycles. The number of anilines is 1. The maximum Gasteiger partial charge on any atom is 0.264 e. The van der Waals surface area contributed by atoms with Gasteiger partial charge in [0.15, 0.2) is 0 Å². The molecule has 1 saturated carbocycles. The first-order valence-corrected chi connectivity index (χ1v) is 16.5. The molecule has 224 valence electrons. The first-order valence-electron chi connectivity index (χ1n) is 13.9. The van der Waals surface area contributed by atoms with E-state index in [0.29, 0.717) is 22.0 Å². The molecule has 0 aromatic heterocycles. The van der Waals surface area contributed by atoms with E-state index in [1.807, 2.05) is 13.8 Å². The normalized spacial score (nSPS) is 14.4. The van der Waals surface area contributed by atoms with Gasteiger partial charge in [0, 0.05) is 28.2 Å². The van der Waals surface area contributed by atoms with Crippen molar-refractivity contribution in [2.75, 3.05) is 10.8 Å². The number of hydrogen-bond donors (Lipinski definition) is 1. The summed E-state index contributed by atoms with van der Waals surface area (Å²) in [5, 5.41) is 3.91. The molecular formula is C31H34Cl3N3O4S. The first kappa shape index (κ1) is 32.1. The zero-order valence-electron chi connectivity index (χ0n) is 23.5. The summed E-state index contributed by atoms with van der Waals surface area (Å²) in [4.78, 5) is 29.2. The van der Waals surface area contributed by atoms with Crippen LogP contribution in [0.15, 0.2) is 71.6 Å². The summed E-state index contributed by atoms with van der Waals surface area (Å²) >= 11 is 19.4. The molecule has 3 aromatic rings. The molecule has 11 heteroatoms. The molecule has 0 aliphatic heterocycles. The summed E-state index contributed by atoms with van der Waals surface area (Å²) in [5.41, 5.74) is 1.50. The molecule has 0 spiro atoms. The summed E-state index contributed by atoms with van der Waals surface area (Å²) in [5.74, 6) is -0.901. The zero-order valence-corrected chi connectivity index (χ0v) is 26.6. The summed E-state index contributed by atoms with van der Waals surface area (Å²) < 4.78 is 29.0. The molecule has 1 aliphatic rings. The molecule has 4 rings (SSSR count). The predicted molar refractivity (Wildman–Crippen MR) is 169 cm³/mol. The highest BCUT2D eigenvalue weighted by molar-refractivity contribution is 7.92. The van der Waals surface area contributed by atoms with Gasteiger partial charge in [0.2, 0.25) is 11.8 Å². The third-order valence-electron chi connectivity index (χ3n) is 7.49. The Hall–Kier alpha value is -2.78. The van der Waals surface area contributed by atoms with Crippen molar-refractivity contribution < 1.29 is 18.0 Å². The van der Waals surface area contributed by atoms with E-state index in [1.54, 1.807) is 54.6 Å². The van der Waals surface area contributed by atoms with Gasteiger partial charge in [0.05, 0.1) is 15.6 Å². The minimum Gasteiger partial charge on any atom is -0.352 e. The second kappa shape index (κ2) is 14.1. The van der Waals surface area contributed by atoms with Crippen LogP contribution in [0.3, 0.4) is 0 Å². The topological polar surface area (TPSA) is 86.8 Å². The van der Waals surface area contributed by atoms with Gasteiger partial charge in [-0.25, -0.2) is 8.42 Å². The maximum absolute atomic E-state index is 14.2. The fraction of sp³-hybridized carbons (Fsp3) is 0.355. The monoisotopic (exact) mass is 649 g/mol. The average molecular weight is 651 g/mol. The van der Waals surface area contributed by atoms with Crippen molar-refractivity contribution >= 4 is 62.3 Å². The molecule has 0 saturated heterocycles. The Kier molecular flexibility index (Phi) is 10.8. The third kappa shape index (κ3) is 7.40. The van der Waals surface area contributed by atoms with Crippen molar-refractivity contribution in [3.8, 4) is 0 Å². The summed E-state index contributed by atoms with van der Waals surface area (Å²) in [7, 11) is -4.23. The number of aryl methyl sites for hydroxylation is 1. The molecule has 0 heterocycles. The molecule has 1 N–H and O–H groups in total. The largest absolute Gasteiger partial charge is 0.352 e. The number of benzene rings is 3. The number of nitrogens with zero attached hydrogens (tertiary/aromatic N) is 2. The van der Waals surface area contributed by atoms with E-state index in [-0.39, 0.29) is 34.1 Å². The summed E-state index contributed by atoms with van der Waals surface area (Å²) in [6, 6.07) is 16.9. The Bertz CT molecular complexity index is 1510. The van der Waals surface area contributed by atoms with E-state index in [2.05, 4.69) is 5.32 Å². The van der Waals surface area contributed by atoms with Crippen LogP contribution in [-0.4, -0.2) is 43.8 Å². The SMILES string of the molecule is CC[C@H](C(=O)NC1CCCC1)N(Cc1c(Cl)cccc1Cl)C(=O)CN(c1ccccc1Cl)S(=O)(=O)c1ccc(C)cc1. The Balaban J connectivity index is 1.75. The lowest BCUT2D eigenvalue weighted by molar-refractivity contribution is -0.140. The number of nitrogens with one attached hydrogen (secondary N) is 1. The number of para-hydroxylation sites is 1. The summed E-state index contributed by atoms with van der Waals surface area (Å²) in [6.07, 6.45) is 4.11. The van der Waals surface area contributed by atoms with Crippen LogP contribution in [0.2, 0.25) is 15.1 Å². The van der Waals surface area contributed by atoms with Gasteiger partial charge in [-0.1, -0.05) is 90.5 Å². The van der Waals surface area contributed by atoms with Gasteiger partial charge in [0.1, 0.15) is 12.6 Å². The number of carbonyl (C=O) groups excluding carboxylic acids is 2. The highest BCUT2D eigenvalue weighted by Crippen LogP contribution is 2.32. The second-order valence-corrected chi connectivity index (χ2v) is 13.5. The highest BCUT2D eigenvalue weighted by atomic mass is 35.5. The lowest BCUT2D eigenvalue weighted by atomic mass is 10.1. The Morgan fingerprint density at radius 2 is 1.50 bits per heavy atom. The van der Waals surface area contributed by atoms with E-state index in [4.69, 9.17) is 34.8 Å². The van der Waals surface area contributed by atoms with Crippen LogP contribution in [-0.2, 0) is 26.2 Å². The van der Waals surface area contributed by atoms with Crippen LogP contribution < -0.4 is 9.62 Å². The maximum atomic E-state index is 14.2. The van der Waals surface area contributed by atoms with Gasteiger partial charge in [-0.15, -0.1) is 0 Å². The smallest absolute Gasteiger partial charge is 0.264 e. The number of sulfonamides is 1. The first-order chi connectivity index (χ1) is 20.0.